The minimum absolute atomic E-state index is 0.658. The standard InChI is InChI=1S/C16H19BrN2/c1-11-5-12(2)7-13(6-11)10-19-16-8-15(17)4-3-14(16)9-18/h3-5,8,11,13,19H,6-7,10H2,1-2H3. The Bertz CT molecular complexity index is 528. The maximum Gasteiger partial charge on any atom is 0.101 e. The van der Waals surface area contributed by atoms with Gasteiger partial charge in [0.15, 0.2) is 0 Å². The molecule has 0 radical (unpaired) electrons. The van der Waals surface area contributed by atoms with Gasteiger partial charge in [0.1, 0.15) is 6.07 Å². The molecule has 0 heterocycles. The summed E-state index contributed by atoms with van der Waals surface area (Å²) in [5.41, 5.74) is 3.12. The molecule has 0 aliphatic heterocycles. The first-order valence-electron chi connectivity index (χ1n) is 6.69. The molecule has 0 amide bonds. The van der Waals surface area contributed by atoms with Crippen molar-refractivity contribution in [3.63, 3.8) is 0 Å². The predicted molar refractivity (Wildman–Crippen MR) is 83.0 cm³/mol. The molecule has 0 bridgehead atoms. The summed E-state index contributed by atoms with van der Waals surface area (Å²) in [6, 6.07) is 7.96. The number of nitriles is 1. The Balaban J connectivity index is 2.02. The van der Waals surface area contributed by atoms with Gasteiger partial charge < -0.3 is 5.32 Å². The number of halogens is 1. The molecule has 19 heavy (non-hydrogen) atoms. The van der Waals surface area contributed by atoms with Crippen molar-refractivity contribution < 1.29 is 0 Å². The van der Waals surface area contributed by atoms with E-state index in [1.54, 1.807) is 0 Å². The highest BCUT2D eigenvalue weighted by atomic mass is 79.9. The van der Waals surface area contributed by atoms with E-state index in [1.807, 2.05) is 18.2 Å². The van der Waals surface area contributed by atoms with Gasteiger partial charge in [-0.25, -0.2) is 0 Å². The van der Waals surface area contributed by atoms with E-state index >= 15 is 0 Å². The molecule has 1 aliphatic carbocycles. The summed E-state index contributed by atoms with van der Waals surface area (Å²) in [4.78, 5) is 0. The highest BCUT2D eigenvalue weighted by molar-refractivity contribution is 9.10. The topological polar surface area (TPSA) is 35.8 Å². The summed E-state index contributed by atoms with van der Waals surface area (Å²) < 4.78 is 1.00. The lowest BCUT2D eigenvalue weighted by atomic mass is 9.83. The lowest BCUT2D eigenvalue weighted by Crippen LogP contribution is -2.20. The number of benzene rings is 1. The zero-order valence-corrected chi connectivity index (χ0v) is 13.0. The van der Waals surface area contributed by atoms with Crippen molar-refractivity contribution in [3.05, 3.63) is 39.9 Å². The highest BCUT2D eigenvalue weighted by Gasteiger charge is 2.18. The lowest BCUT2D eigenvalue weighted by Gasteiger charge is -2.26. The Morgan fingerprint density at radius 1 is 1.47 bits per heavy atom. The monoisotopic (exact) mass is 318 g/mol. The summed E-state index contributed by atoms with van der Waals surface area (Å²) in [6.07, 6.45) is 4.75. The molecule has 1 aliphatic rings. The quantitative estimate of drug-likeness (QED) is 0.818. The van der Waals surface area contributed by atoms with E-state index in [0.29, 0.717) is 17.4 Å². The molecule has 2 rings (SSSR count). The SMILES string of the molecule is CC1=CC(C)CC(CNc2cc(Br)ccc2C#N)C1. The van der Waals surface area contributed by atoms with Crippen molar-refractivity contribution in [3.8, 4) is 6.07 Å². The van der Waals surface area contributed by atoms with Crippen LogP contribution in [-0.4, -0.2) is 6.54 Å². The summed E-state index contributed by atoms with van der Waals surface area (Å²) >= 11 is 3.45. The van der Waals surface area contributed by atoms with Crippen LogP contribution in [-0.2, 0) is 0 Å². The third kappa shape index (κ3) is 3.84. The number of hydrogen-bond acceptors (Lipinski definition) is 2. The van der Waals surface area contributed by atoms with Gasteiger partial charge in [0.2, 0.25) is 0 Å². The molecule has 0 saturated heterocycles. The smallest absolute Gasteiger partial charge is 0.101 e. The highest BCUT2D eigenvalue weighted by Crippen LogP contribution is 2.29. The number of allylic oxidation sites excluding steroid dienone is 2. The van der Waals surface area contributed by atoms with Crippen molar-refractivity contribution >= 4 is 21.6 Å². The normalized spacial score (nSPS) is 22.5. The van der Waals surface area contributed by atoms with Crippen LogP contribution in [0.5, 0.6) is 0 Å². The molecule has 3 heteroatoms. The molecule has 0 aromatic heterocycles. The Labute approximate surface area is 123 Å². The van der Waals surface area contributed by atoms with Crippen LogP contribution in [0.1, 0.15) is 32.3 Å². The number of nitrogens with one attached hydrogen (secondary N) is 1. The fourth-order valence-electron chi connectivity index (χ4n) is 2.86. The molecule has 1 aromatic rings. The van der Waals surface area contributed by atoms with Gasteiger partial charge in [0.25, 0.3) is 0 Å². The molecular weight excluding hydrogens is 300 g/mol. The number of rotatable bonds is 3. The van der Waals surface area contributed by atoms with Gasteiger partial charge in [-0.05, 0) is 49.8 Å². The second-order valence-corrected chi connectivity index (χ2v) is 6.39. The second kappa shape index (κ2) is 6.25. The maximum atomic E-state index is 9.12. The van der Waals surface area contributed by atoms with Gasteiger partial charge in [0, 0.05) is 11.0 Å². The van der Waals surface area contributed by atoms with Crippen molar-refractivity contribution in [2.45, 2.75) is 26.7 Å². The molecule has 0 fully saturated rings. The van der Waals surface area contributed by atoms with Gasteiger partial charge in [-0.2, -0.15) is 5.26 Å². The van der Waals surface area contributed by atoms with Gasteiger partial charge in [-0.15, -0.1) is 0 Å². The van der Waals surface area contributed by atoms with Crippen molar-refractivity contribution in [2.75, 3.05) is 11.9 Å². The van der Waals surface area contributed by atoms with Crippen LogP contribution in [0, 0.1) is 23.2 Å². The zero-order valence-electron chi connectivity index (χ0n) is 11.4. The summed E-state index contributed by atoms with van der Waals surface area (Å²) in [7, 11) is 0. The Kier molecular flexibility index (Phi) is 4.66. The van der Waals surface area contributed by atoms with E-state index in [9.17, 15) is 0 Å². The van der Waals surface area contributed by atoms with Gasteiger partial charge in [-0.3, -0.25) is 0 Å². The molecule has 2 atom stereocenters. The number of hydrogen-bond donors (Lipinski definition) is 1. The van der Waals surface area contributed by atoms with Crippen molar-refractivity contribution in [1.29, 1.82) is 5.26 Å². The van der Waals surface area contributed by atoms with Crippen LogP contribution in [0.15, 0.2) is 34.3 Å². The van der Waals surface area contributed by atoms with E-state index < -0.39 is 0 Å². The molecule has 1 aromatic carbocycles. The first-order chi connectivity index (χ1) is 9.08. The van der Waals surface area contributed by atoms with Crippen LogP contribution < -0.4 is 5.32 Å². The van der Waals surface area contributed by atoms with Crippen molar-refractivity contribution in [1.82, 2.24) is 0 Å². The van der Waals surface area contributed by atoms with E-state index in [2.05, 4.69) is 47.2 Å². The minimum Gasteiger partial charge on any atom is -0.384 e. The fourth-order valence-corrected chi connectivity index (χ4v) is 3.22. The second-order valence-electron chi connectivity index (χ2n) is 5.48. The van der Waals surface area contributed by atoms with Gasteiger partial charge in [0.05, 0.1) is 11.3 Å². The Morgan fingerprint density at radius 3 is 2.95 bits per heavy atom. The summed E-state index contributed by atoms with van der Waals surface area (Å²) in [5, 5.41) is 12.6. The fraction of sp³-hybridized carbons (Fsp3) is 0.438. The molecule has 2 unspecified atom stereocenters. The van der Waals surface area contributed by atoms with Crippen LogP contribution in [0.4, 0.5) is 5.69 Å². The predicted octanol–water partition coefficient (Wildman–Crippen LogP) is 4.73. The minimum atomic E-state index is 0.658. The van der Waals surface area contributed by atoms with E-state index in [1.165, 1.54) is 12.0 Å². The van der Waals surface area contributed by atoms with Crippen LogP contribution >= 0.6 is 15.9 Å². The lowest BCUT2D eigenvalue weighted by molar-refractivity contribution is 0.421. The molecule has 2 nitrogen and oxygen atoms in total. The van der Waals surface area contributed by atoms with Crippen LogP contribution in [0.2, 0.25) is 0 Å². The first-order valence-corrected chi connectivity index (χ1v) is 7.48. The largest absolute Gasteiger partial charge is 0.384 e. The average molecular weight is 319 g/mol. The van der Waals surface area contributed by atoms with Gasteiger partial charge >= 0.3 is 0 Å². The number of nitrogens with zero attached hydrogens (tertiary/aromatic N) is 1. The van der Waals surface area contributed by atoms with E-state index in [4.69, 9.17) is 5.26 Å². The first kappa shape index (κ1) is 14.1. The zero-order chi connectivity index (χ0) is 13.8. The summed E-state index contributed by atoms with van der Waals surface area (Å²) in [6.45, 7) is 5.42. The van der Waals surface area contributed by atoms with Gasteiger partial charge in [-0.1, -0.05) is 34.5 Å². The van der Waals surface area contributed by atoms with Crippen LogP contribution in [0.25, 0.3) is 0 Å². The molecule has 100 valence electrons. The van der Waals surface area contributed by atoms with Crippen molar-refractivity contribution in [2.24, 2.45) is 11.8 Å². The molecule has 1 N–H and O–H groups in total. The Morgan fingerprint density at radius 2 is 2.26 bits per heavy atom. The molecule has 0 spiro atoms. The molecule has 0 saturated carbocycles. The Hall–Kier alpha value is -1.27. The third-order valence-electron chi connectivity index (χ3n) is 3.57. The number of anilines is 1. The third-order valence-corrected chi connectivity index (χ3v) is 4.06. The average Bonchev–Trinajstić information content (AvgIpc) is 2.35. The summed E-state index contributed by atoms with van der Waals surface area (Å²) in [5.74, 6) is 1.32. The molecular formula is C16H19BrN2. The van der Waals surface area contributed by atoms with E-state index in [-0.39, 0.29) is 0 Å². The van der Waals surface area contributed by atoms with Crippen LogP contribution in [0.3, 0.4) is 0 Å². The maximum absolute atomic E-state index is 9.12. The van der Waals surface area contributed by atoms with E-state index in [0.717, 1.165) is 23.1 Å².